The van der Waals surface area contributed by atoms with Crippen molar-refractivity contribution < 1.29 is 19.2 Å². The van der Waals surface area contributed by atoms with E-state index in [1.165, 1.54) is 19.3 Å². The van der Waals surface area contributed by atoms with Crippen LogP contribution < -0.4 is 44.2 Å². The van der Waals surface area contributed by atoms with Crippen molar-refractivity contribution >= 4 is 29.6 Å². The molecule has 4 amide bonds. The van der Waals surface area contributed by atoms with Crippen LogP contribution in [-0.4, -0.2) is 66.8 Å². The van der Waals surface area contributed by atoms with Gasteiger partial charge in [-0.2, -0.15) is 0 Å². The molecule has 1 aromatic rings. The highest BCUT2D eigenvalue weighted by Gasteiger charge is 2.52. The van der Waals surface area contributed by atoms with E-state index in [0.29, 0.717) is 69.4 Å². The van der Waals surface area contributed by atoms with Gasteiger partial charge >= 0.3 is 0 Å². The molecular weight excluding hydrogens is 598 g/mol. The second-order valence-corrected chi connectivity index (χ2v) is 14.3. The molecule has 0 aromatic heterocycles. The van der Waals surface area contributed by atoms with Gasteiger partial charge in [0.15, 0.2) is 5.96 Å². The third-order valence-electron chi connectivity index (χ3n) is 10.3. The first-order chi connectivity index (χ1) is 22.5. The minimum atomic E-state index is -0.985. The number of guanidine groups is 1. The molecule has 4 saturated carbocycles. The third kappa shape index (κ3) is 10.6. The zero-order valence-electron chi connectivity index (χ0n) is 27.5. The summed E-state index contributed by atoms with van der Waals surface area (Å²) >= 11 is 0. The maximum atomic E-state index is 14.0. The standard InChI is InChI=1S/C34H55N9O4/c35-11-5-4-9-26(29(37)44)41-32(47)28(20-34-17-22-13-23(18-34)15-24(14-22)19-34)43-31(46)27(10-6-12-40-33(38)39)42-30(45)25(36)16-21-7-2-1-3-8-21/h1-3,7-8,22-28H,4-6,9-20,35-36H2,(H2,37,44)(H,41,47)(H,42,45)(H,43,46)(H4,38,39,40)/t22?,23?,24?,25-,26-,27+,28+,34?/m0/s1. The largest absolute Gasteiger partial charge is 0.370 e. The van der Waals surface area contributed by atoms with Crippen molar-refractivity contribution in [2.75, 3.05) is 13.1 Å². The number of amides is 4. The van der Waals surface area contributed by atoms with Gasteiger partial charge in [0.25, 0.3) is 0 Å². The van der Waals surface area contributed by atoms with Crippen LogP contribution in [0.3, 0.4) is 0 Å². The summed E-state index contributed by atoms with van der Waals surface area (Å²) in [5.41, 5.74) is 23.8. The summed E-state index contributed by atoms with van der Waals surface area (Å²) in [5, 5.41) is 18.8. The van der Waals surface area contributed by atoms with E-state index in [2.05, 4.69) is 21.3 Å². The van der Waals surface area contributed by atoms with Crippen LogP contribution in [0.4, 0.5) is 0 Å². The van der Waals surface area contributed by atoms with E-state index in [4.69, 9.17) is 28.3 Å². The Morgan fingerprint density at radius 1 is 0.787 bits per heavy atom. The van der Waals surface area contributed by atoms with Crippen molar-refractivity contribution in [2.45, 2.75) is 108 Å². The fourth-order valence-corrected chi connectivity index (χ4v) is 8.54. The predicted molar refractivity (Wildman–Crippen MR) is 180 cm³/mol. The fraction of sp³-hybridized carbons (Fsp3) is 0.676. The summed E-state index contributed by atoms with van der Waals surface area (Å²) in [5.74, 6) is -0.337. The number of unbranched alkanes of at least 4 members (excludes halogenated alkanes) is 1. The number of rotatable bonds is 19. The molecule has 13 nitrogen and oxygen atoms in total. The van der Waals surface area contributed by atoms with Crippen molar-refractivity contribution in [3.8, 4) is 0 Å². The average Bonchev–Trinajstić information content (AvgIpc) is 3.01. The highest BCUT2D eigenvalue weighted by atomic mass is 16.2. The second kappa shape index (κ2) is 16.9. The van der Waals surface area contributed by atoms with Gasteiger partial charge in [-0.1, -0.05) is 30.3 Å². The minimum Gasteiger partial charge on any atom is -0.370 e. The van der Waals surface area contributed by atoms with Gasteiger partial charge in [-0.25, -0.2) is 0 Å². The van der Waals surface area contributed by atoms with E-state index in [1.54, 1.807) is 0 Å². The molecular formula is C34H55N9O4. The van der Waals surface area contributed by atoms with Crippen molar-refractivity contribution in [3.63, 3.8) is 0 Å². The molecule has 1 aromatic carbocycles. The quantitative estimate of drug-likeness (QED) is 0.0576. The molecule has 0 radical (unpaired) electrons. The van der Waals surface area contributed by atoms with Gasteiger partial charge in [0.1, 0.15) is 18.1 Å². The summed E-state index contributed by atoms with van der Waals surface area (Å²) in [6, 6.07) is 5.72. The maximum Gasteiger partial charge on any atom is 0.243 e. The summed E-state index contributed by atoms with van der Waals surface area (Å²) in [6.45, 7) is 0.791. The number of benzene rings is 1. The van der Waals surface area contributed by atoms with Crippen LogP contribution in [0, 0.1) is 28.6 Å². The Kier molecular flexibility index (Phi) is 13.0. The van der Waals surface area contributed by atoms with E-state index in [9.17, 15) is 19.2 Å². The average molecular weight is 654 g/mol. The molecule has 4 aliphatic carbocycles. The lowest BCUT2D eigenvalue weighted by atomic mass is 9.48. The zero-order chi connectivity index (χ0) is 34.0. The van der Waals surface area contributed by atoms with Crippen LogP contribution in [0.25, 0.3) is 0 Å². The van der Waals surface area contributed by atoms with Gasteiger partial charge in [0.05, 0.1) is 6.04 Å². The molecule has 4 aliphatic rings. The van der Waals surface area contributed by atoms with Crippen LogP contribution in [-0.2, 0) is 25.6 Å². The maximum absolute atomic E-state index is 14.0. The van der Waals surface area contributed by atoms with Crippen LogP contribution in [0.1, 0.15) is 82.6 Å². The molecule has 13 heteroatoms. The summed E-state index contributed by atoms with van der Waals surface area (Å²) in [4.78, 5) is 53.5. The smallest absolute Gasteiger partial charge is 0.243 e. The number of primary amides is 1. The Labute approximate surface area is 278 Å². The first-order valence-electron chi connectivity index (χ1n) is 17.2. The molecule has 13 N–H and O–H groups in total. The molecule has 4 atom stereocenters. The van der Waals surface area contributed by atoms with Crippen LogP contribution in [0.2, 0.25) is 0 Å². The molecule has 4 fully saturated rings. The van der Waals surface area contributed by atoms with Gasteiger partial charge in [-0.15, -0.1) is 0 Å². The van der Waals surface area contributed by atoms with Gasteiger partial charge in [-0.05, 0) is 119 Å². The Hall–Kier alpha value is -3.71. The lowest BCUT2D eigenvalue weighted by molar-refractivity contribution is -0.136. The molecule has 0 heterocycles. The van der Waals surface area contributed by atoms with Gasteiger partial charge in [0.2, 0.25) is 23.6 Å². The monoisotopic (exact) mass is 653 g/mol. The molecule has 47 heavy (non-hydrogen) atoms. The normalized spacial score (nSPS) is 25.2. The summed E-state index contributed by atoms with van der Waals surface area (Å²) in [7, 11) is 0. The van der Waals surface area contributed by atoms with E-state index in [1.807, 2.05) is 30.3 Å². The Bertz CT molecular complexity index is 1210. The predicted octanol–water partition coefficient (Wildman–Crippen LogP) is 0.495. The molecule has 0 aliphatic heterocycles. The second-order valence-electron chi connectivity index (χ2n) is 14.3. The van der Waals surface area contributed by atoms with Crippen LogP contribution in [0.15, 0.2) is 30.3 Å². The van der Waals surface area contributed by atoms with E-state index < -0.39 is 47.8 Å². The van der Waals surface area contributed by atoms with Crippen molar-refractivity contribution in [3.05, 3.63) is 35.9 Å². The Balaban J connectivity index is 1.51. The molecule has 0 saturated heterocycles. The summed E-state index contributed by atoms with van der Waals surface area (Å²) < 4.78 is 0. The van der Waals surface area contributed by atoms with Crippen LogP contribution >= 0.6 is 0 Å². The molecule has 0 spiro atoms. The van der Waals surface area contributed by atoms with Crippen molar-refractivity contribution in [2.24, 2.45) is 46.1 Å². The van der Waals surface area contributed by atoms with Gasteiger partial charge < -0.3 is 44.2 Å². The molecule has 0 unspecified atom stereocenters. The number of hydrogen-bond donors (Lipinski definition) is 9. The first-order valence-corrected chi connectivity index (χ1v) is 17.2. The number of carbonyl (C=O) groups is 4. The van der Waals surface area contributed by atoms with Crippen molar-refractivity contribution in [1.29, 1.82) is 5.41 Å². The fourth-order valence-electron chi connectivity index (χ4n) is 8.54. The topological polar surface area (TPSA) is 244 Å². The van der Waals surface area contributed by atoms with Crippen molar-refractivity contribution in [1.82, 2.24) is 21.3 Å². The first kappa shape index (κ1) is 36.1. The van der Waals surface area contributed by atoms with Crippen LogP contribution in [0.5, 0.6) is 0 Å². The highest BCUT2D eigenvalue weighted by molar-refractivity contribution is 5.94. The molecule has 5 rings (SSSR count). The van der Waals surface area contributed by atoms with E-state index in [0.717, 1.165) is 24.8 Å². The Morgan fingerprint density at radius 2 is 1.34 bits per heavy atom. The number of nitrogens with two attached hydrogens (primary N) is 4. The highest BCUT2D eigenvalue weighted by Crippen LogP contribution is 2.61. The zero-order valence-corrected chi connectivity index (χ0v) is 27.5. The van der Waals surface area contributed by atoms with E-state index >= 15 is 0 Å². The SMILES string of the molecule is N=C(N)NCCC[C@@H](NC(=O)[C@@H](N)Cc1ccccc1)C(=O)N[C@H](CC12CC3CC(CC(C3)C1)C2)C(=O)N[C@@H](CCCCN)C(N)=O. The third-order valence-corrected chi connectivity index (χ3v) is 10.3. The van der Waals surface area contributed by atoms with E-state index in [-0.39, 0.29) is 17.8 Å². The number of hydrogen-bond acceptors (Lipinski definition) is 7. The Morgan fingerprint density at radius 3 is 1.91 bits per heavy atom. The summed E-state index contributed by atoms with van der Waals surface area (Å²) in [6.07, 6.45) is 9.87. The van der Waals surface area contributed by atoms with Gasteiger partial charge in [0, 0.05) is 6.54 Å². The lowest BCUT2D eigenvalue weighted by Gasteiger charge is -2.57. The number of carbonyl (C=O) groups excluding carboxylic acids is 4. The number of nitrogens with one attached hydrogen (secondary N) is 5. The molecule has 4 bridgehead atoms. The lowest BCUT2D eigenvalue weighted by Crippen LogP contribution is -2.59. The van der Waals surface area contributed by atoms with Gasteiger partial charge in [-0.3, -0.25) is 24.6 Å². The minimum absolute atomic E-state index is 0.0615. The molecule has 260 valence electrons.